The lowest BCUT2D eigenvalue weighted by Crippen LogP contribution is -2.48. The summed E-state index contributed by atoms with van der Waals surface area (Å²) in [6.45, 7) is 5.13. The Hall–Kier alpha value is -0.510. The largest absolute Gasteiger partial charge is 0.493 e. The van der Waals surface area contributed by atoms with Crippen LogP contribution >= 0.6 is 11.6 Å². The molecule has 3 heterocycles. The zero-order valence-corrected chi connectivity index (χ0v) is 13.3. The van der Waals surface area contributed by atoms with Crippen molar-refractivity contribution in [2.75, 3.05) is 32.9 Å². The lowest BCUT2D eigenvalue weighted by molar-refractivity contribution is 0.00535. The van der Waals surface area contributed by atoms with E-state index >= 15 is 0 Å². The van der Waals surface area contributed by atoms with Gasteiger partial charge in [0.1, 0.15) is 5.76 Å². The first-order valence-electron chi connectivity index (χ1n) is 8.27. The number of nitrogens with zero attached hydrogens (tertiary/aromatic N) is 1. The summed E-state index contributed by atoms with van der Waals surface area (Å²) in [6.07, 6.45) is 9.98. The van der Waals surface area contributed by atoms with Crippen LogP contribution in [0.2, 0.25) is 0 Å². The molecular formula is C17H24ClNO2. The fourth-order valence-corrected chi connectivity index (χ4v) is 4.61. The number of fused-ring (bicyclic) bond motifs is 1. The molecule has 4 rings (SSSR count). The Kier molecular flexibility index (Phi) is 3.76. The first kappa shape index (κ1) is 14.1. The Morgan fingerprint density at radius 1 is 1.19 bits per heavy atom. The third kappa shape index (κ3) is 2.54. The number of hydrogen-bond donors (Lipinski definition) is 0. The van der Waals surface area contributed by atoms with Crippen molar-refractivity contribution in [2.24, 2.45) is 5.41 Å². The van der Waals surface area contributed by atoms with Crippen molar-refractivity contribution in [1.82, 2.24) is 4.90 Å². The van der Waals surface area contributed by atoms with Gasteiger partial charge in [0.25, 0.3) is 0 Å². The van der Waals surface area contributed by atoms with Gasteiger partial charge in [0.05, 0.1) is 12.0 Å². The highest BCUT2D eigenvalue weighted by Crippen LogP contribution is 2.49. The molecule has 3 nitrogen and oxygen atoms in total. The van der Waals surface area contributed by atoms with Gasteiger partial charge in [-0.05, 0) is 56.8 Å². The van der Waals surface area contributed by atoms with E-state index in [1.165, 1.54) is 44.3 Å². The van der Waals surface area contributed by atoms with E-state index in [0.29, 0.717) is 0 Å². The maximum absolute atomic E-state index is 6.34. The Morgan fingerprint density at radius 2 is 1.95 bits per heavy atom. The Morgan fingerprint density at radius 3 is 2.71 bits per heavy atom. The highest BCUT2D eigenvalue weighted by molar-refractivity contribution is 6.22. The molecular weight excluding hydrogens is 286 g/mol. The van der Waals surface area contributed by atoms with Crippen molar-refractivity contribution >= 4 is 11.6 Å². The number of allylic oxidation sites excluding steroid dienone is 2. The van der Waals surface area contributed by atoms with Gasteiger partial charge >= 0.3 is 0 Å². The number of halogens is 1. The molecule has 0 N–H and O–H groups in total. The lowest BCUT2D eigenvalue weighted by atomic mass is 9.71. The second kappa shape index (κ2) is 5.60. The van der Waals surface area contributed by atoms with E-state index in [4.69, 9.17) is 21.1 Å². The minimum atomic E-state index is 0.149. The average molecular weight is 310 g/mol. The van der Waals surface area contributed by atoms with Crippen LogP contribution in [0.1, 0.15) is 32.1 Å². The second-order valence-corrected chi connectivity index (χ2v) is 7.43. The van der Waals surface area contributed by atoms with Crippen molar-refractivity contribution in [2.45, 2.75) is 43.5 Å². The van der Waals surface area contributed by atoms with Crippen molar-refractivity contribution in [3.8, 4) is 0 Å². The van der Waals surface area contributed by atoms with Gasteiger partial charge in [-0.2, -0.15) is 0 Å². The molecule has 0 bridgehead atoms. The van der Waals surface area contributed by atoms with Crippen molar-refractivity contribution in [1.29, 1.82) is 0 Å². The van der Waals surface area contributed by atoms with Crippen LogP contribution in [0.25, 0.3) is 0 Å². The molecule has 3 aliphatic heterocycles. The number of likely N-dealkylation sites (tertiary alicyclic amines) is 1. The van der Waals surface area contributed by atoms with Gasteiger partial charge in [-0.3, -0.25) is 0 Å². The normalized spacial score (nSPS) is 33.3. The standard InChI is InChI=1S/C17H24ClNO2/c18-13-1-2-16-15(11-13)17(12-21-16)5-7-19(8-6-17)14-3-9-20-10-4-14/h1-2,13-14H,3-12H2. The zero-order chi connectivity index (χ0) is 14.3. The minimum Gasteiger partial charge on any atom is -0.493 e. The average Bonchev–Trinajstić information content (AvgIpc) is 2.87. The number of ether oxygens (including phenoxy) is 2. The molecule has 0 aromatic rings. The Bertz CT molecular complexity index is 459. The number of rotatable bonds is 1. The molecule has 0 amide bonds. The molecule has 0 aromatic heterocycles. The van der Waals surface area contributed by atoms with Crippen LogP contribution in [-0.4, -0.2) is 49.2 Å². The summed E-state index contributed by atoms with van der Waals surface area (Å²) < 4.78 is 11.5. The van der Waals surface area contributed by atoms with Crippen LogP contribution in [0.5, 0.6) is 0 Å². The van der Waals surface area contributed by atoms with E-state index in [9.17, 15) is 0 Å². The van der Waals surface area contributed by atoms with E-state index < -0.39 is 0 Å². The first-order valence-corrected chi connectivity index (χ1v) is 8.71. The summed E-state index contributed by atoms with van der Waals surface area (Å²) in [4.78, 5) is 2.68. The third-order valence-corrected chi connectivity index (χ3v) is 6.06. The maximum atomic E-state index is 6.34. The molecule has 21 heavy (non-hydrogen) atoms. The molecule has 1 unspecified atom stereocenters. The molecule has 2 saturated heterocycles. The molecule has 4 heteroatoms. The topological polar surface area (TPSA) is 21.7 Å². The highest BCUT2D eigenvalue weighted by Gasteiger charge is 2.46. The fourth-order valence-electron chi connectivity index (χ4n) is 4.39. The van der Waals surface area contributed by atoms with Gasteiger partial charge in [0.15, 0.2) is 0 Å². The number of alkyl halides is 1. The van der Waals surface area contributed by atoms with Gasteiger partial charge < -0.3 is 14.4 Å². The molecule has 0 saturated carbocycles. The SMILES string of the molecule is ClC1C=CC2=C(C1)C1(CCN(C3CCOCC3)CC1)CO2. The van der Waals surface area contributed by atoms with Crippen LogP contribution < -0.4 is 0 Å². The summed E-state index contributed by atoms with van der Waals surface area (Å²) in [5, 5.41) is 0.149. The van der Waals surface area contributed by atoms with Gasteiger partial charge in [0.2, 0.25) is 0 Å². The lowest BCUT2D eigenvalue weighted by Gasteiger charge is -2.44. The van der Waals surface area contributed by atoms with Crippen molar-refractivity contribution < 1.29 is 9.47 Å². The van der Waals surface area contributed by atoms with E-state index in [2.05, 4.69) is 17.1 Å². The summed E-state index contributed by atoms with van der Waals surface area (Å²) in [5.41, 5.74) is 1.77. The highest BCUT2D eigenvalue weighted by atomic mass is 35.5. The quantitative estimate of drug-likeness (QED) is 0.695. The minimum absolute atomic E-state index is 0.149. The predicted molar refractivity (Wildman–Crippen MR) is 83.5 cm³/mol. The van der Waals surface area contributed by atoms with Gasteiger partial charge in [0, 0.05) is 24.7 Å². The van der Waals surface area contributed by atoms with Gasteiger partial charge in [-0.1, -0.05) is 6.08 Å². The fraction of sp³-hybridized carbons (Fsp3) is 0.765. The molecule has 116 valence electrons. The van der Waals surface area contributed by atoms with Gasteiger partial charge in [-0.25, -0.2) is 0 Å². The van der Waals surface area contributed by atoms with Crippen LogP contribution in [-0.2, 0) is 9.47 Å². The van der Waals surface area contributed by atoms with E-state index in [0.717, 1.165) is 38.0 Å². The molecule has 1 spiro atoms. The van der Waals surface area contributed by atoms with Crippen LogP contribution in [0.3, 0.4) is 0 Å². The summed E-state index contributed by atoms with van der Waals surface area (Å²) in [5.74, 6) is 1.12. The Balaban J connectivity index is 1.45. The van der Waals surface area contributed by atoms with Gasteiger partial charge in [-0.15, -0.1) is 11.6 Å². The van der Waals surface area contributed by atoms with E-state index in [1.807, 2.05) is 0 Å². The Labute approximate surface area is 131 Å². The molecule has 4 aliphatic rings. The zero-order valence-electron chi connectivity index (χ0n) is 12.5. The maximum Gasteiger partial charge on any atom is 0.119 e. The number of piperidine rings is 1. The smallest absolute Gasteiger partial charge is 0.119 e. The van der Waals surface area contributed by atoms with Crippen LogP contribution in [0.4, 0.5) is 0 Å². The second-order valence-electron chi connectivity index (χ2n) is 6.87. The summed E-state index contributed by atoms with van der Waals surface area (Å²) >= 11 is 6.34. The summed E-state index contributed by atoms with van der Waals surface area (Å²) in [7, 11) is 0. The third-order valence-electron chi connectivity index (χ3n) is 5.76. The summed E-state index contributed by atoms with van der Waals surface area (Å²) in [6, 6.07) is 0.735. The molecule has 0 aromatic carbocycles. The molecule has 2 fully saturated rings. The van der Waals surface area contributed by atoms with Crippen molar-refractivity contribution in [3.63, 3.8) is 0 Å². The van der Waals surface area contributed by atoms with Crippen molar-refractivity contribution in [3.05, 3.63) is 23.5 Å². The monoisotopic (exact) mass is 309 g/mol. The van der Waals surface area contributed by atoms with Crippen LogP contribution in [0, 0.1) is 5.41 Å². The number of hydrogen-bond acceptors (Lipinski definition) is 3. The predicted octanol–water partition coefficient (Wildman–Crippen LogP) is 3.10. The molecule has 1 aliphatic carbocycles. The molecule has 0 radical (unpaired) electrons. The van der Waals surface area contributed by atoms with E-state index in [-0.39, 0.29) is 10.8 Å². The van der Waals surface area contributed by atoms with E-state index in [1.54, 1.807) is 0 Å². The van der Waals surface area contributed by atoms with Crippen LogP contribution in [0.15, 0.2) is 23.5 Å². The first-order chi connectivity index (χ1) is 10.3. The molecule has 1 atom stereocenters.